The van der Waals surface area contributed by atoms with Crippen LogP contribution in [0.3, 0.4) is 0 Å². The molecule has 1 rings (SSSR count). The molecule has 0 amide bonds. The summed E-state index contributed by atoms with van der Waals surface area (Å²) < 4.78 is 6.38. The molecule has 1 atom stereocenters. The first-order chi connectivity index (χ1) is 6.72. The first-order valence-electron chi connectivity index (χ1n) is 4.76. The molecular formula is C11H16BrNO. The lowest BCUT2D eigenvalue weighted by Crippen LogP contribution is -2.12. The van der Waals surface area contributed by atoms with Crippen LogP contribution in [0.2, 0.25) is 0 Å². The average Bonchev–Trinajstić information content (AvgIpc) is 2.20. The van der Waals surface area contributed by atoms with Gasteiger partial charge in [-0.3, -0.25) is 0 Å². The minimum atomic E-state index is 0.377. The first-order valence-corrected chi connectivity index (χ1v) is 5.55. The van der Waals surface area contributed by atoms with E-state index in [0.717, 1.165) is 16.6 Å². The van der Waals surface area contributed by atoms with Crippen LogP contribution < -0.4 is 10.5 Å². The van der Waals surface area contributed by atoms with Crippen LogP contribution in [0.5, 0.6) is 5.75 Å². The van der Waals surface area contributed by atoms with E-state index in [1.165, 1.54) is 5.56 Å². The zero-order valence-corrected chi connectivity index (χ0v) is 10.2. The van der Waals surface area contributed by atoms with Crippen molar-refractivity contribution in [2.45, 2.75) is 19.3 Å². The summed E-state index contributed by atoms with van der Waals surface area (Å²) in [4.78, 5) is 0. The molecule has 1 aromatic rings. The minimum Gasteiger partial charge on any atom is -0.496 e. The second-order valence-corrected chi connectivity index (χ2v) is 4.14. The van der Waals surface area contributed by atoms with Gasteiger partial charge in [-0.15, -0.1) is 0 Å². The Morgan fingerprint density at radius 3 is 2.71 bits per heavy atom. The van der Waals surface area contributed by atoms with E-state index in [4.69, 9.17) is 10.5 Å². The number of hydrogen-bond donors (Lipinski definition) is 1. The lowest BCUT2D eigenvalue weighted by Gasteiger charge is -2.16. The van der Waals surface area contributed by atoms with Crippen molar-refractivity contribution < 1.29 is 4.74 Å². The van der Waals surface area contributed by atoms with Crippen molar-refractivity contribution in [3.05, 3.63) is 28.2 Å². The van der Waals surface area contributed by atoms with Gasteiger partial charge < -0.3 is 10.5 Å². The summed E-state index contributed by atoms with van der Waals surface area (Å²) in [5.41, 5.74) is 6.91. The molecule has 1 aromatic carbocycles. The van der Waals surface area contributed by atoms with Gasteiger partial charge in [-0.2, -0.15) is 0 Å². The van der Waals surface area contributed by atoms with E-state index >= 15 is 0 Å². The standard InChI is InChI=1S/C11H16BrNO/c1-3-8(7-13)10-6-9(12)4-5-11(10)14-2/h4-6,8H,3,7,13H2,1-2H3. The third kappa shape index (κ3) is 2.49. The normalized spacial score (nSPS) is 12.6. The van der Waals surface area contributed by atoms with Gasteiger partial charge in [0.1, 0.15) is 5.75 Å². The molecule has 0 radical (unpaired) electrons. The second-order valence-electron chi connectivity index (χ2n) is 3.23. The van der Waals surface area contributed by atoms with Crippen molar-refractivity contribution in [1.82, 2.24) is 0 Å². The van der Waals surface area contributed by atoms with Crippen LogP contribution in [-0.4, -0.2) is 13.7 Å². The number of hydrogen-bond acceptors (Lipinski definition) is 2. The number of methoxy groups -OCH3 is 1. The smallest absolute Gasteiger partial charge is 0.122 e. The van der Waals surface area contributed by atoms with Crippen molar-refractivity contribution >= 4 is 15.9 Å². The predicted octanol–water partition coefficient (Wildman–Crippen LogP) is 2.91. The van der Waals surface area contributed by atoms with Crippen LogP contribution in [0.1, 0.15) is 24.8 Å². The van der Waals surface area contributed by atoms with Crippen LogP contribution in [0.4, 0.5) is 0 Å². The Morgan fingerprint density at radius 2 is 2.21 bits per heavy atom. The molecule has 0 aliphatic carbocycles. The Labute approximate surface area is 93.6 Å². The van der Waals surface area contributed by atoms with Crippen molar-refractivity contribution in [2.75, 3.05) is 13.7 Å². The molecule has 2 N–H and O–H groups in total. The molecule has 0 heterocycles. The molecular weight excluding hydrogens is 242 g/mol. The number of benzene rings is 1. The maximum atomic E-state index is 5.72. The number of ether oxygens (including phenoxy) is 1. The highest BCUT2D eigenvalue weighted by Gasteiger charge is 2.12. The van der Waals surface area contributed by atoms with Gasteiger partial charge in [0, 0.05) is 4.47 Å². The summed E-state index contributed by atoms with van der Waals surface area (Å²) in [6.07, 6.45) is 1.03. The summed E-state index contributed by atoms with van der Waals surface area (Å²) in [6.45, 7) is 2.79. The molecule has 0 aliphatic heterocycles. The van der Waals surface area contributed by atoms with E-state index in [1.54, 1.807) is 7.11 Å². The Morgan fingerprint density at radius 1 is 1.50 bits per heavy atom. The van der Waals surface area contributed by atoms with E-state index in [-0.39, 0.29) is 0 Å². The number of halogens is 1. The zero-order valence-electron chi connectivity index (χ0n) is 8.59. The molecule has 0 saturated carbocycles. The summed E-state index contributed by atoms with van der Waals surface area (Å²) in [6, 6.07) is 6.03. The van der Waals surface area contributed by atoms with E-state index < -0.39 is 0 Å². The number of rotatable bonds is 4. The Bertz CT molecular complexity index is 297. The first kappa shape index (κ1) is 11.5. The fourth-order valence-electron chi connectivity index (χ4n) is 1.54. The largest absolute Gasteiger partial charge is 0.496 e. The van der Waals surface area contributed by atoms with Crippen molar-refractivity contribution in [1.29, 1.82) is 0 Å². The van der Waals surface area contributed by atoms with Crippen LogP contribution in [0, 0.1) is 0 Å². The Balaban J connectivity index is 3.08. The van der Waals surface area contributed by atoms with Gasteiger partial charge in [0.15, 0.2) is 0 Å². The quantitative estimate of drug-likeness (QED) is 0.901. The van der Waals surface area contributed by atoms with E-state index in [1.807, 2.05) is 12.1 Å². The SMILES string of the molecule is CCC(CN)c1cc(Br)ccc1OC. The van der Waals surface area contributed by atoms with Crippen LogP contribution >= 0.6 is 15.9 Å². The van der Waals surface area contributed by atoms with Gasteiger partial charge in [-0.1, -0.05) is 22.9 Å². The second kappa shape index (κ2) is 5.37. The van der Waals surface area contributed by atoms with E-state index in [9.17, 15) is 0 Å². The fraction of sp³-hybridized carbons (Fsp3) is 0.455. The van der Waals surface area contributed by atoms with Crippen molar-refractivity contribution in [3.8, 4) is 5.75 Å². The monoisotopic (exact) mass is 257 g/mol. The highest BCUT2D eigenvalue weighted by molar-refractivity contribution is 9.10. The Hall–Kier alpha value is -0.540. The molecule has 0 saturated heterocycles. The summed E-state index contributed by atoms with van der Waals surface area (Å²) >= 11 is 3.46. The predicted molar refractivity (Wildman–Crippen MR) is 62.8 cm³/mol. The minimum absolute atomic E-state index is 0.377. The number of nitrogens with two attached hydrogens (primary N) is 1. The van der Waals surface area contributed by atoms with Crippen LogP contribution in [0.25, 0.3) is 0 Å². The molecule has 14 heavy (non-hydrogen) atoms. The maximum Gasteiger partial charge on any atom is 0.122 e. The van der Waals surface area contributed by atoms with Gasteiger partial charge in [-0.25, -0.2) is 0 Å². The third-order valence-corrected chi connectivity index (χ3v) is 2.90. The van der Waals surface area contributed by atoms with Crippen LogP contribution in [0.15, 0.2) is 22.7 Å². The van der Waals surface area contributed by atoms with Crippen molar-refractivity contribution in [3.63, 3.8) is 0 Å². The van der Waals surface area contributed by atoms with Gasteiger partial charge in [0.25, 0.3) is 0 Å². The molecule has 1 unspecified atom stereocenters. The molecule has 0 aliphatic rings. The molecule has 0 fully saturated rings. The maximum absolute atomic E-state index is 5.72. The average molecular weight is 258 g/mol. The summed E-state index contributed by atoms with van der Waals surface area (Å²) in [5, 5.41) is 0. The summed E-state index contributed by atoms with van der Waals surface area (Å²) in [7, 11) is 1.69. The fourth-order valence-corrected chi connectivity index (χ4v) is 1.92. The highest BCUT2D eigenvalue weighted by atomic mass is 79.9. The lowest BCUT2D eigenvalue weighted by molar-refractivity contribution is 0.404. The zero-order chi connectivity index (χ0) is 10.6. The molecule has 0 aromatic heterocycles. The van der Waals surface area contributed by atoms with Gasteiger partial charge in [-0.05, 0) is 42.6 Å². The van der Waals surface area contributed by atoms with E-state index in [2.05, 4.69) is 28.9 Å². The topological polar surface area (TPSA) is 35.2 Å². The van der Waals surface area contributed by atoms with Gasteiger partial charge in [0.05, 0.1) is 7.11 Å². The van der Waals surface area contributed by atoms with Gasteiger partial charge >= 0.3 is 0 Å². The molecule has 78 valence electrons. The lowest BCUT2D eigenvalue weighted by atomic mass is 9.96. The highest BCUT2D eigenvalue weighted by Crippen LogP contribution is 2.30. The summed E-state index contributed by atoms with van der Waals surface area (Å²) in [5.74, 6) is 1.30. The van der Waals surface area contributed by atoms with Gasteiger partial charge in [0.2, 0.25) is 0 Å². The molecule has 2 nitrogen and oxygen atoms in total. The molecule has 3 heteroatoms. The molecule has 0 bridgehead atoms. The molecule has 0 spiro atoms. The third-order valence-electron chi connectivity index (χ3n) is 2.41. The van der Waals surface area contributed by atoms with Crippen molar-refractivity contribution in [2.24, 2.45) is 5.73 Å². The van der Waals surface area contributed by atoms with E-state index in [0.29, 0.717) is 12.5 Å². The van der Waals surface area contributed by atoms with Crippen LogP contribution in [-0.2, 0) is 0 Å². The Kier molecular flexibility index (Phi) is 4.42.